The molecule has 2 bridgehead atoms. The summed E-state index contributed by atoms with van der Waals surface area (Å²) in [5, 5.41) is 0. The molecule has 2 aliphatic rings. The standard InChI is InChI=1S/C19H20O2/c1-4-11-21-15-7-5-14(6-8-15)12-17-16-9-10-19(3,13(16)2)18(17)20/h4-8,12,16H,1-2,9-11H2,3H3/b17-12+. The summed E-state index contributed by atoms with van der Waals surface area (Å²) in [5.74, 6) is 1.32. The third-order valence-electron chi connectivity index (χ3n) is 4.77. The molecule has 0 amide bonds. The van der Waals surface area contributed by atoms with Crippen molar-refractivity contribution in [3.05, 3.63) is 60.2 Å². The van der Waals surface area contributed by atoms with Gasteiger partial charge in [0, 0.05) is 11.5 Å². The van der Waals surface area contributed by atoms with Crippen molar-refractivity contribution in [3.8, 4) is 5.75 Å². The van der Waals surface area contributed by atoms with Crippen molar-refractivity contribution in [1.82, 2.24) is 0 Å². The van der Waals surface area contributed by atoms with Gasteiger partial charge in [-0.2, -0.15) is 0 Å². The summed E-state index contributed by atoms with van der Waals surface area (Å²) in [6.45, 7) is 10.3. The number of allylic oxidation sites excluding steroid dienone is 2. The third-order valence-corrected chi connectivity index (χ3v) is 4.77. The molecule has 0 spiro atoms. The Morgan fingerprint density at radius 1 is 1.38 bits per heavy atom. The lowest BCUT2D eigenvalue weighted by molar-refractivity contribution is -0.121. The minimum Gasteiger partial charge on any atom is -0.490 e. The van der Waals surface area contributed by atoms with Gasteiger partial charge in [-0.05, 0) is 43.5 Å². The highest BCUT2D eigenvalue weighted by Gasteiger charge is 2.54. The van der Waals surface area contributed by atoms with E-state index < -0.39 is 0 Å². The Balaban J connectivity index is 1.84. The average Bonchev–Trinajstić information content (AvgIpc) is 2.87. The van der Waals surface area contributed by atoms with Crippen LogP contribution in [0.5, 0.6) is 5.75 Å². The van der Waals surface area contributed by atoms with Crippen molar-refractivity contribution in [2.45, 2.75) is 19.8 Å². The van der Waals surface area contributed by atoms with Crippen LogP contribution >= 0.6 is 0 Å². The monoisotopic (exact) mass is 280 g/mol. The molecule has 2 atom stereocenters. The number of fused-ring (bicyclic) bond motifs is 2. The van der Waals surface area contributed by atoms with E-state index in [1.807, 2.05) is 37.3 Å². The molecule has 2 saturated carbocycles. The molecule has 2 nitrogen and oxygen atoms in total. The van der Waals surface area contributed by atoms with Gasteiger partial charge >= 0.3 is 0 Å². The minimum atomic E-state index is -0.316. The van der Waals surface area contributed by atoms with Crippen molar-refractivity contribution >= 4 is 11.9 Å². The zero-order chi connectivity index (χ0) is 15.0. The molecule has 0 aromatic heterocycles. The van der Waals surface area contributed by atoms with E-state index in [2.05, 4.69) is 13.2 Å². The Hall–Kier alpha value is -2.09. The number of ether oxygens (including phenoxy) is 1. The van der Waals surface area contributed by atoms with Crippen molar-refractivity contribution in [1.29, 1.82) is 0 Å². The zero-order valence-electron chi connectivity index (χ0n) is 12.4. The predicted octanol–water partition coefficient (Wildman–Crippen LogP) is 4.19. The van der Waals surface area contributed by atoms with Crippen molar-refractivity contribution in [2.24, 2.45) is 11.3 Å². The van der Waals surface area contributed by atoms with Gasteiger partial charge in [-0.15, -0.1) is 0 Å². The topological polar surface area (TPSA) is 26.3 Å². The first-order valence-corrected chi connectivity index (χ1v) is 7.35. The van der Waals surface area contributed by atoms with Gasteiger partial charge in [0.1, 0.15) is 12.4 Å². The number of benzene rings is 1. The normalized spacial score (nSPS) is 29.2. The Morgan fingerprint density at radius 2 is 2.10 bits per heavy atom. The number of hydrogen-bond acceptors (Lipinski definition) is 2. The van der Waals surface area contributed by atoms with E-state index in [0.29, 0.717) is 6.61 Å². The fraction of sp³-hybridized carbons (Fsp3) is 0.316. The maximum Gasteiger partial charge on any atom is 0.169 e. The van der Waals surface area contributed by atoms with Crippen molar-refractivity contribution < 1.29 is 9.53 Å². The van der Waals surface area contributed by atoms with E-state index in [9.17, 15) is 4.79 Å². The fourth-order valence-electron chi connectivity index (χ4n) is 3.39. The second-order valence-corrected chi connectivity index (χ2v) is 6.05. The van der Waals surface area contributed by atoms with Crippen LogP contribution in [-0.2, 0) is 4.79 Å². The summed E-state index contributed by atoms with van der Waals surface area (Å²) in [5.41, 5.74) is 2.75. The van der Waals surface area contributed by atoms with Crippen molar-refractivity contribution in [3.63, 3.8) is 0 Å². The van der Waals surface area contributed by atoms with Gasteiger partial charge in [0.2, 0.25) is 0 Å². The summed E-state index contributed by atoms with van der Waals surface area (Å²) in [6, 6.07) is 7.81. The van der Waals surface area contributed by atoms with Crippen LogP contribution < -0.4 is 4.74 Å². The molecule has 0 aliphatic heterocycles. The van der Waals surface area contributed by atoms with Gasteiger partial charge in [-0.1, -0.05) is 36.9 Å². The lowest BCUT2D eigenvalue weighted by atomic mass is 9.82. The Kier molecular flexibility index (Phi) is 3.32. The van der Waals surface area contributed by atoms with Gasteiger partial charge in [-0.25, -0.2) is 0 Å². The van der Waals surface area contributed by atoms with Crippen LogP contribution in [0.1, 0.15) is 25.3 Å². The van der Waals surface area contributed by atoms with Crippen LogP contribution in [0.2, 0.25) is 0 Å². The van der Waals surface area contributed by atoms with E-state index in [0.717, 1.165) is 35.3 Å². The molecular weight excluding hydrogens is 260 g/mol. The predicted molar refractivity (Wildman–Crippen MR) is 85.1 cm³/mol. The van der Waals surface area contributed by atoms with Gasteiger partial charge in [-0.3, -0.25) is 4.79 Å². The first kappa shape index (κ1) is 13.9. The Morgan fingerprint density at radius 3 is 2.67 bits per heavy atom. The van der Waals surface area contributed by atoms with E-state index >= 15 is 0 Å². The van der Waals surface area contributed by atoms with Gasteiger partial charge < -0.3 is 4.74 Å². The average molecular weight is 280 g/mol. The Bertz CT molecular complexity index is 636. The van der Waals surface area contributed by atoms with Gasteiger partial charge in [0.15, 0.2) is 5.78 Å². The van der Waals surface area contributed by atoms with Crippen LogP contribution in [0.25, 0.3) is 6.08 Å². The number of carbonyl (C=O) groups is 1. The summed E-state index contributed by atoms with van der Waals surface area (Å²) in [4.78, 5) is 12.5. The molecule has 2 unspecified atom stereocenters. The largest absolute Gasteiger partial charge is 0.490 e. The lowest BCUT2D eigenvalue weighted by Gasteiger charge is -2.19. The molecule has 1 aromatic rings. The number of Topliss-reactive ketones (excluding diaryl/α,β-unsaturated/α-hetero) is 1. The molecule has 0 N–H and O–H groups in total. The second-order valence-electron chi connectivity index (χ2n) is 6.05. The van der Waals surface area contributed by atoms with E-state index in [-0.39, 0.29) is 17.1 Å². The molecule has 2 fully saturated rings. The van der Waals surface area contributed by atoms with E-state index in [1.54, 1.807) is 6.08 Å². The van der Waals surface area contributed by atoms with Gasteiger partial charge in [0.25, 0.3) is 0 Å². The minimum absolute atomic E-state index is 0.249. The number of ketones is 1. The van der Waals surface area contributed by atoms with E-state index in [4.69, 9.17) is 4.74 Å². The maximum absolute atomic E-state index is 12.5. The van der Waals surface area contributed by atoms with E-state index in [1.165, 1.54) is 0 Å². The summed E-state index contributed by atoms with van der Waals surface area (Å²) >= 11 is 0. The lowest BCUT2D eigenvalue weighted by Crippen LogP contribution is -2.23. The Labute approximate surface area is 125 Å². The quantitative estimate of drug-likeness (QED) is 0.610. The van der Waals surface area contributed by atoms with Gasteiger partial charge in [0.05, 0.1) is 5.41 Å². The number of rotatable bonds is 4. The maximum atomic E-state index is 12.5. The van der Waals surface area contributed by atoms with Crippen LogP contribution in [0.4, 0.5) is 0 Å². The van der Waals surface area contributed by atoms with Crippen LogP contribution in [0, 0.1) is 11.3 Å². The number of hydrogen-bond donors (Lipinski definition) is 0. The molecule has 1 aromatic carbocycles. The zero-order valence-corrected chi connectivity index (χ0v) is 12.4. The molecule has 0 heterocycles. The van der Waals surface area contributed by atoms with Crippen LogP contribution in [0.15, 0.2) is 54.6 Å². The molecule has 0 saturated heterocycles. The fourth-order valence-corrected chi connectivity index (χ4v) is 3.39. The highest BCUT2D eigenvalue weighted by molar-refractivity contribution is 6.10. The molecular formula is C19H20O2. The van der Waals surface area contributed by atoms with Crippen LogP contribution in [0.3, 0.4) is 0 Å². The summed E-state index contributed by atoms with van der Waals surface area (Å²) in [6.07, 6.45) is 5.73. The van der Waals surface area contributed by atoms with Crippen LogP contribution in [-0.4, -0.2) is 12.4 Å². The SMILES string of the molecule is C=CCOc1ccc(/C=C2/C(=O)C3(C)CCC2C3=C)cc1. The molecule has 108 valence electrons. The second kappa shape index (κ2) is 5.03. The molecule has 21 heavy (non-hydrogen) atoms. The smallest absolute Gasteiger partial charge is 0.169 e. The molecule has 0 radical (unpaired) electrons. The molecule has 3 rings (SSSR count). The first-order valence-electron chi connectivity index (χ1n) is 7.35. The number of carbonyl (C=O) groups excluding carboxylic acids is 1. The molecule has 2 heteroatoms. The molecule has 2 aliphatic carbocycles. The highest BCUT2D eigenvalue weighted by atomic mass is 16.5. The highest BCUT2D eigenvalue weighted by Crippen LogP contribution is 2.57. The summed E-state index contributed by atoms with van der Waals surface area (Å²) < 4.78 is 5.46. The third kappa shape index (κ3) is 2.15. The first-order chi connectivity index (χ1) is 10.1. The van der Waals surface area contributed by atoms with Crippen molar-refractivity contribution in [2.75, 3.05) is 6.61 Å². The summed E-state index contributed by atoms with van der Waals surface area (Å²) in [7, 11) is 0.